The Labute approximate surface area is 299 Å². The number of furan rings is 1. The van der Waals surface area contributed by atoms with Crippen LogP contribution in [0.25, 0.3) is 98.8 Å². The maximum atomic E-state index is 9.40. The number of fused-ring (bicyclic) bond motifs is 6. The van der Waals surface area contributed by atoms with Crippen molar-refractivity contribution in [1.82, 2.24) is 0 Å². The third-order valence-electron chi connectivity index (χ3n) is 9.17. The molecule has 1 aromatic heterocycles. The van der Waals surface area contributed by atoms with Crippen molar-refractivity contribution in [2.24, 2.45) is 0 Å². The van der Waals surface area contributed by atoms with Gasteiger partial charge in [-0.25, -0.2) is 0 Å². The Kier molecular flexibility index (Phi) is 4.25. The van der Waals surface area contributed by atoms with E-state index >= 15 is 0 Å². The summed E-state index contributed by atoms with van der Waals surface area (Å²) < 4.78 is 102. The van der Waals surface area contributed by atoms with E-state index in [1.54, 1.807) is 6.07 Å². The molecular weight excluding hydrogens is 593 g/mol. The van der Waals surface area contributed by atoms with Gasteiger partial charge < -0.3 is 4.42 Å². The predicted molar refractivity (Wildman–Crippen MR) is 208 cm³/mol. The second-order valence-electron chi connectivity index (χ2n) is 12.0. The first-order valence-corrected chi connectivity index (χ1v) is 15.9. The van der Waals surface area contributed by atoms with Gasteiger partial charge in [0.05, 0.1) is 15.1 Å². The van der Waals surface area contributed by atoms with Gasteiger partial charge in [0.1, 0.15) is 11.2 Å². The van der Waals surface area contributed by atoms with E-state index in [9.17, 15) is 1.37 Å². The fraction of sp³-hybridized carbons (Fsp3) is 0. The van der Waals surface area contributed by atoms with E-state index in [1.165, 1.54) is 5.56 Å². The second-order valence-corrected chi connectivity index (χ2v) is 12.0. The SMILES string of the molecule is [2H]c1c([2H])c([2H])c(-c2c([2H])c([2H])c3c(oc4c([2H])c([2H])c(-c5ccc6cc(-c7c8ccccc8c(-c8ccccc8)c8ccccc78)ccc6c5)c([2H])c43)c2[2H])c([2H])c1[2H]. The lowest BCUT2D eigenvalue weighted by Gasteiger charge is -2.18. The molecule has 0 aliphatic carbocycles. The summed E-state index contributed by atoms with van der Waals surface area (Å²) in [5, 5.41) is 6.15. The zero-order valence-corrected chi connectivity index (χ0v) is 25.9. The van der Waals surface area contributed by atoms with Crippen LogP contribution in [-0.2, 0) is 0 Å². The zero-order chi connectivity index (χ0) is 41.9. The average Bonchev–Trinajstić information content (AvgIpc) is 3.68. The lowest BCUT2D eigenvalue weighted by Crippen LogP contribution is -1.90. The Morgan fingerprint density at radius 1 is 0.347 bits per heavy atom. The molecule has 0 amide bonds. The third-order valence-corrected chi connectivity index (χ3v) is 9.17. The summed E-state index contributed by atoms with van der Waals surface area (Å²) >= 11 is 0. The first kappa shape index (κ1) is 18.8. The smallest absolute Gasteiger partial charge is 0.136 e. The highest BCUT2D eigenvalue weighted by Gasteiger charge is 2.17. The lowest BCUT2D eigenvalue weighted by molar-refractivity contribution is 0.669. The number of hydrogen-bond acceptors (Lipinski definition) is 1. The largest absolute Gasteiger partial charge is 0.456 e. The van der Waals surface area contributed by atoms with Crippen LogP contribution >= 0.6 is 0 Å². The standard InChI is InChI=1S/C48H30O/c1-3-11-31(12-4-1)37-23-25-39-44-29-36(24-26-45(44)49-46(39)30-37)34-19-20-35-28-38(22-21-33(35)27-34)48-42-17-9-7-15-40(42)47(32-13-5-2-6-14-32)41-16-8-10-18-43(41)48/h1-30H/i1D,3D,4D,11D,12D,23D,24D,25D,26D,29D,30D. The Hall–Kier alpha value is -6.44. The van der Waals surface area contributed by atoms with Gasteiger partial charge in [0.25, 0.3) is 0 Å². The lowest BCUT2D eigenvalue weighted by atomic mass is 9.85. The molecule has 0 saturated carbocycles. The van der Waals surface area contributed by atoms with Crippen molar-refractivity contribution in [3.8, 4) is 44.5 Å². The Bertz CT molecular complexity index is 3420. The summed E-state index contributed by atoms with van der Waals surface area (Å²) in [7, 11) is 0. The van der Waals surface area contributed by atoms with Crippen LogP contribution in [0, 0.1) is 0 Å². The molecule has 0 aliphatic rings. The summed E-state index contributed by atoms with van der Waals surface area (Å²) in [6.45, 7) is 0. The summed E-state index contributed by atoms with van der Waals surface area (Å²) in [4.78, 5) is 0. The van der Waals surface area contributed by atoms with Crippen LogP contribution in [0.1, 0.15) is 15.1 Å². The minimum atomic E-state index is -0.655. The van der Waals surface area contributed by atoms with Gasteiger partial charge in [-0.2, -0.15) is 0 Å². The van der Waals surface area contributed by atoms with E-state index in [4.69, 9.17) is 18.1 Å². The van der Waals surface area contributed by atoms with Crippen LogP contribution in [0.5, 0.6) is 0 Å². The third kappa shape index (κ3) is 4.55. The topological polar surface area (TPSA) is 13.1 Å². The molecule has 0 spiro atoms. The maximum Gasteiger partial charge on any atom is 0.136 e. The molecule has 0 N–H and O–H groups in total. The molecule has 49 heavy (non-hydrogen) atoms. The summed E-state index contributed by atoms with van der Waals surface area (Å²) in [6.07, 6.45) is 0. The quantitative estimate of drug-likeness (QED) is 0.176. The molecule has 0 unspecified atom stereocenters. The monoisotopic (exact) mass is 633 g/mol. The molecule has 1 heteroatoms. The van der Waals surface area contributed by atoms with E-state index in [-0.39, 0.29) is 45.6 Å². The molecule has 1 nitrogen and oxygen atoms in total. The molecule has 0 bridgehead atoms. The van der Waals surface area contributed by atoms with Crippen LogP contribution in [0.15, 0.2) is 186 Å². The highest BCUT2D eigenvalue weighted by atomic mass is 16.3. The predicted octanol–water partition coefficient (Wildman–Crippen LogP) is 13.7. The minimum Gasteiger partial charge on any atom is -0.456 e. The summed E-state index contributed by atoms with van der Waals surface area (Å²) in [6, 6.07) is 33.3. The molecule has 0 radical (unpaired) electrons. The maximum absolute atomic E-state index is 9.40. The van der Waals surface area contributed by atoms with Gasteiger partial charge >= 0.3 is 0 Å². The number of benzene rings is 9. The molecule has 1 heterocycles. The average molecular weight is 634 g/mol. The Morgan fingerprint density at radius 3 is 1.61 bits per heavy atom. The van der Waals surface area contributed by atoms with Gasteiger partial charge in [-0.15, -0.1) is 0 Å². The molecule has 228 valence electrons. The molecule has 0 saturated heterocycles. The zero-order valence-electron chi connectivity index (χ0n) is 36.9. The van der Waals surface area contributed by atoms with Crippen molar-refractivity contribution >= 4 is 54.3 Å². The highest BCUT2D eigenvalue weighted by molar-refractivity contribution is 6.21. The molecule has 9 aromatic carbocycles. The molecule has 0 fully saturated rings. The van der Waals surface area contributed by atoms with Crippen LogP contribution in [0.3, 0.4) is 0 Å². The van der Waals surface area contributed by atoms with Crippen molar-refractivity contribution in [3.63, 3.8) is 0 Å². The Balaban J connectivity index is 1.15. The van der Waals surface area contributed by atoms with Gasteiger partial charge in [-0.1, -0.05) is 145 Å². The van der Waals surface area contributed by atoms with E-state index < -0.39 is 59.5 Å². The first-order valence-electron chi connectivity index (χ1n) is 21.4. The van der Waals surface area contributed by atoms with Gasteiger partial charge in [0, 0.05) is 10.8 Å². The normalized spacial score (nSPS) is 14.8. The molecule has 0 atom stereocenters. The Morgan fingerprint density at radius 2 is 0.918 bits per heavy atom. The van der Waals surface area contributed by atoms with Gasteiger partial charge in [0.15, 0.2) is 0 Å². The fourth-order valence-electron chi connectivity index (χ4n) is 6.95. The van der Waals surface area contributed by atoms with Crippen molar-refractivity contribution in [1.29, 1.82) is 0 Å². The van der Waals surface area contributed by atoms with Gasteiger partial charge in [0.2, 0.25) is 0 Å². The first-order chi connectivity index (χ1) is 28.9. The summed E-state index contributed by atoms with van der Waals surface area (Å²) in [5.41, 5.74) is 3.72. The van der Waals surface area contributed by atoms with Crippen molar-refractivity contribution < 1.29 is 19.5 Å². The van der Waals surface area contributed by atoms with E-state index in [1.807, 2.05) is 24.3 Å². The van der Waals surface area contributed by atoms with Crippen LogP contribution in [0.4, 0.5) is 0 Å². The molecule has 10 aromatic rings. The van der Waals surface area contributed by atoms with E-state index in [2.05, 4.69) is 84.9 Å². The number of rotatable bonds is 4. The highest BCUT2D eigenvalue weighted by Crippen LogP contribution is 2.44. The fourth-order valence-corrected chi connectivity index (χ4v) is 6.95. The second kappa shape index (κ2) is 11.1. The van der Waals surface area contributed by atoms with E-state index in [0.29, 0.717) is 5.56 Å². The minimum absolute atomic E-state index is 0.0197. The van der Waals surface area contributed by atoms with Crippen molar-refractivity contribution in [2.75, 3.05) is 0 Å². The number of hydrogen-bond donors (Lipinski definition) is 0. The summed E-state index contributed by atoms with van der Waals surface area (Å²) in [5.74, 6) is 0. The van der Waals surface area contributed by atoms with Crippen molar-refractivity contribution in [2.45, 2.75) is 0 Å². The molecular formula is C48H30O. The van der Waals surface area contributed by atoms with Crippen molar-refractivity contribution in [3.05, 3.63) is 182 Å². The van der Waals surface area contributed by atoms with Crippen LogP contribution in [-0.4, -0.2) is 0 Å². The van der Waals surface area contributed by atoms with Crippen LogP contribution < -0.4 is 0 Å². The van der Waals surface area contributed by atoms with Crippen LogP contribution in [0.2, 0.25) is 0 Å². The van der Waals surface area contributed by atoms with E-state index in [0.717, 1.165) is 49.0 Å². The van der Waals surface area contributed by atoms with Gasteiger partial charge in [-0.05, 0) is 113 Å². The van der Waals surface area contributed by atoms with Gasteiger partial charge in [-0.3, -0.25) is 0 Å². The molecule has 0 aliphatic heterocycles. The molecule has 10 rings (SSSR count).